The van der Waals surface area contributed by atoms with E-state index in [0.29, 0.717) is 6.07 Å². The lowest BCUT2D eigenvalue weighted by Gasteiger charge is -2.09. The molecule has 1 rings (SSSR count). The lowest BCUT2D eigenvalue weighted by Crippen LogP contribution is -2.18. The van der Waals surface area contributed by atoms with Gasteiger partial charge in [0.15, 0.2) is 5.75 Å². The third-order valence-electron chi connectivity index (χ3n) is 1.24. The van der Waals surface area contributed by atoms with Crippen molar-refractivity contribution < 1.29 is 22.3 Å². The van der Waals surface area contributed by atoms with Gasteiger partial charge in [-0.1, -0.05) is 0 Å². The average Bonchev–Trinajstić information content (AvgIpc) is 2.07. The fourth-order valence-electron chi connectivity index (χ4n) is 0.726. The molecule has 15 heavy (non-hydrogen) atoms. The van der Waals surface area contributed by atoms with E-state index >= 15 is 0 Å². The van der Waals surface area contributed by atoms with Crippen LogP contribution >= 0.6 is 15.9 Å². The lowest BCUT2D eigenvalue weighted by molar-refractivity contribution is -0.275. The quantitative estimate of drug-likeness (QED) is 0.588. The molecule has 0 bridgehead atoms. The molecule has 3 nitrogen and oxygen atoms in total. The summed E-state index contributed by atoms with van der Waals surface area (Å²) in [5.41, 5.74) is -0.254. The molecule has 0 saturated carbocycles. The average molecular weight is 285 g/mol. The first-order chi connectivity index (χ1) is 6.83. The number of nitriles is 1. The van der Waals surface area contributed by atoms with Crippen molar-refractivity contribution in [2.45, 2.75) is 6.36 Å². The van der Waals surface area contributed by atoms with Crippen molar-refractivity contribution in [3.8, 4) is 11.8 Å². The Morgan fingerprint density at radius 1 is 1.47 bits per heavy atom. The zero-order valence-electron chi connectivity index (χ0n) is 6.77. The summed E-state index contributed by atoms with van der Waals surface area (Å²) in [5, 5.41) is 8.45. The van der Waals surface area contributed by atoms with E-state index in [4.69, 9.17) is 5.26 Å². The predicted octanol–water partition coefficient (Wildman–Crippen LogP) is 2.75. The molecule has 0 spiro atoms. The van der Waals surface area contributed by atoms with Crippen molar-refractivity contribution in [3.05, 3.63) is 22.2 Å². The maximum absolute atomic E-state index is 12.8. The van der Waals surface area contributed by atoms with Crippen LogP contribution in [0.4, 0.5) is 17.6 Å². The van der Waals surface area contributed by atoms with E-state index in [1.807, 2.05) is 0 Å². The van der Waals surface area contributed by atoms with Gasteiger partial charge in [0.25, 0.3) is 5.95 Å². The van der Waals surface area contributed by atoms with Crippen LogP contribution in [0.5, 0.6) is 5.75 Å². The molecule has 0 amide bonds. The Bertz CT molecular complexity index is 426. The van der Waals surface area contributed by atoms with Crippen LogP contribution in [0.3, 0.4) is 0 Å². The summed E-state index contributed by atoms with van der Waals surface area (Å²) in [6.45, 7) is 0. The number of nitrogens with zero attached hydrogens (tertiary/aromatic N) is 2. The van der Waals surface area contributed by atoms with Crippen LogP contribution in [0.2, 0.25) is 0 Å². The third-order valence-corrected chi connectivity index (χ3v) is 1.85. The second-order valence-electron chi connectivity index (χ2n) is 2.28. The van der Waals surface area contributed by atoms with Crippen LogP contribution in [0.15, 0.2) is 10.7 Å². The highest BCUT2D eigenvalue weighted by molar-refractivity contribution is 9.10. The summed E-state index contributed by atoms with van der Waals surface area (Å²) in [6.07, 6.45) is -5.02. The first-order valence-electron chi connectivity index (χ1n) is 3.35. The molecular formula is C7HBrF4N2O. The molecule has 1 aromatic rings. The molecule has 0 fully saturated rings. The van der Waals surface area contributed by atoms with Crippen molar-refractivity contribution in [2.75, 3.05) is 0 Å². The zero-order chi connectivity index (χ0) is 11.6. The molecule has 0 aromatic carbocycles. The van der Waals surface area contributed by atoms with Gasteiger partial charge < -0.3 is 4.74 Å². The van der Waals surface area contributed by atoms with Crippen LogP contribution in [-0.4, -0.2) is 11.3 Å². The maximum Gasteiger partial charge on any atom is 0.573 e. The Morgan fingerprint density at radius 3 is 2.53 bits per heavy atom. The second kappa shape index (κ2) is 4.02. The van der Waals surface area contributed by atoms with E-state index in [0.717, 1.165) is 0 Å². The summed E-state index contributed by atoms with van der Waals surface area (Å²) < 4.78 is 51.2. The Balaban J connectivity index is 3.15. The van der Waals surface area contributed by atoms with Crippen LogP contribution in [0, 0.1) is 17.3 Å². The zero-order valence-corrected chi connectivity index (χ0v) is 8.36. The number of aromatic nitrogens is 1. The van der Waals surface area contributed by atoms with Gasteiger partial charge in [-0.25, -0.2) is 4.98 Å². The Morgan fingerprint density at radius 2 is 2.07 bits per heavy atom. The number of alkyl halides is 3. The van der Waals surface area contributed by atoms with Crippen molar-refractivity contribution in [2.24, 2.45) is 0 Å². The van der Waals surface area contributed by atoms with Gasteiger partial charge in [-0.3, -0.25) is 0 Å². The van der Waals surface area contributed by atoms with Crippen molar-refractivity contribution >= 4 is 15.9 Å². The lowest BCUT2D eigenvalue weighted by atomic mass is 10.3. The van der Waals surface area contributed by atoms with Crippen LogP contribution < -0.4 is 4.74 Å². The topological polar surface area (TPSA) is 45.9 Å². The summed E-state index contributed by atoms with van der Waals surface area (Å²) in [5.74, 6) is -2.58. The number of hydrogen-bond acceptors (Lipinski definition) is 3. The van der Waals surface area contributed by atoms with Gasteiger partial charge in [0, 0.05) is 6.07 Å². The van der Waals surface area contributed by atoms with Crippen LogP contribution in [0.1, 0.15) is 5.56 Å². The highest BCUT2D eigenvalue weighted by Crippen LogP contribution is 2.27. The van der Waals surface area contributed by atoms with Gasteiger partial charge in [0.05, 0.1) is 5.56 Å². The summed E-state index contributed by atoms with van der Waals surface area (Å²) in [7, 11) is 0. The number of rotatable bonds is 1. The Labute approximate surface area is 89.4 Å². The first-order valence-corrected chi connectivity index (χ1v) is 4.14. The minimum absolute atomic E-state index is 0.183. The first kappa shape index (κ1) is 11.7. The smallest absolute Gasteiger partial charge is 0.401 e. The fourth-order valence-corrected chi connectivity index (χ4v) is 1.09. The Hall–Kier alpha value is -1.36. The van der Waals surface area contributed by atoms with E-state index in [1.54, 1.807) is 0 Å². The molecule has 1 heterocycles. The fraction of sp³-hybridized carbons (Fsp3) is 0.143. The molecule has 1 aromatic heterocycles. The van der Waals surface area contributed by atoms with Gasteiger partial charge in [-0.05, 0) is 15.9 Å². The number of pyridine rings is 1. The normalized spacial score (nSPS) is 10.9. The molecule has 0 radical (unpaired) electrons. The molecule has 8 heteroatoms. The van der Waals surface area contributed by atoms with E-state index in [2.05, 4.69) is 25.7 Å². The van der Waals surface area contributed by atoms with Crippen molar-refractivity contribution in [1.82, 2.24) is 4.98 Å². The van der Waals surface area contributed by atoms with E-state index in [-0.39, 0.29) is 10.2 Å². The highest BCUT2D eigenvalue weighted by Gasteiger charge is 2.33. The Kier molecular flexibility index (Phi) is 3.14. The minimum Gasteiger partial charge on any atom is -0.401 e. The van der Waals surface area contributed by atoms with Crippen molar-refractivity contribution in [3.63, 3.8) is 0 Å². The molecule has 0 N–H and O–H groups in total. The highest BCUT2D eigenvalue weighted by atomic mass is 79.9. The monoisotopic (exact) mass is 284 g/mol. The molecule has 0 unspecified atom stereocenters. The summed E-state index contributed by atoms with van der Waals surface area (Å²) in [4.78, 5) is 3.03. The number of halogens is 5. The van der Waals surface area contributed by atoms with Gasteiger partial charge in [-0.15, -0.1) is 13.2 Å². The van der Waals surface area contributed by atoms with Gasteiger partial charge in [-0.2, -0.15) is 9.65 Å². The van der Waals surface area contributed by atoms with E-state index in [1.165, 1.54) is 6.07 Å². The molecule has 0 atom stereocenters. The summed E-state index contributed by atoms with van der Waals surface area (Å²) in [6, 6.07) is 2.14. The van der Waals surface area contributed by atoms with E-state index < -0.39 is 18.1 Å². The van der Waals surface area contributed by atoms with Gasteiger partial charge in [0.1, 0.15) is 10.7 Å². The molecule has 0 aliphatic rings. The van der Waals surface area contributed by atoms with Crippen LogP contribution in [0.25, 0.3) is 0 Å². The molecule has 80 valence electrons. The molecular weight excluding hydrogens is 284 g/mol. The van der Waals surface area contributed by atoms with Gasteiger partial charge >= 0.3 is 6.36 Å². The number of ether oxygens (including phenoxy) is 1. The predicted molar refractivity (Wildman–Crippen MR) is 43.3 cm³/mol. The maximum atomic E-state index is 12.8. The van der Waals surface area contributed by atoms with Crippen molar-refractivity contribution in [1.29, 1.82) is 5.26 Å². The van der Waals surface area contributed by atoms with Gasteiger partial charge in [0.2, 0.25) is 0 Å². The second-order valence-corrected chi connectivity index (χ2v) is 3.03. The third kappa shape index (κ3) is 3.06. The SMILES string of the molecule is N#Cc1cc(OC(F)(F)F)c(F)nc1Br. The molecule has 0 aliphatic heterocycles. The molecule has 0 saturated heterocycles. The molecule has 0 aliphatic carbocycles. The largest absolute Gasteiger partial charge is 0.573 e. The minimum atomic E-state index is -5.02. The van der Waals surface area contributed by atoms with E-state index in [9.17, 15) is 17.6 Å². The number of hydrogen-bond donors (Lipinski definition) is 0. The summed E-state index contributed by atoms with van der Waals surface area (Å²) >= 11 is 2.71. The van der Waals surface area contributed by atoms with Crippen LogP contribution in [-0.2, 0) is 0 Å². The standard InChI is InChI=1S/C7HBrF4N2O/c8-5-3(2-13)1-4(6(9)14-5)15-7(10,11)12/h1H.